The number of nitrogens with one attached hydrogen (secondary N) is 2. The minimum atomic E-state index is 0.0969. The highest BCUT2D eigenvalue weighted by atomic mass is 32.2. The Morgan fingerprint density at radius 1 is 1.43 bits per heavy atom. The van der Waals surface area contributed by atoms with Crippen LogP contribution < -0.4 is 10.6 Å². The molecule has 0 aliphatic rings. The zero-order valence-corrected chi connectivity index (χ0v) is 10.4. The van der Waals surface area contributed by atoms with E-state index in [2.05, 4.69) is 23.8 Å². The Kier molecular flexibility index (Phi) is 7.99. The van der Waals surface area contributed by atoms with Crippen LogP contribution in [0.2, 0.25) is 0 Å². The van der Waals surface area contributed by atoms with Gasteiger partial charge in [-0.15, -0.1) is 0 Å². The van der Waals surface area contributed by atoms with Gasteiger partial charge in [0.2, 0.25) is 5.91 Å². The van der Waals surface area contributed by atoms with Gasteiger partial charge in [-0.2, -0.15) is 11.8 Å². The van der Waals surface area contributed by atoms with Crippen molar-refractivity contribution in [2.75, 3.05) is 18.6 Å². The molecule has 0 aliphatic carbocycles. The molecule has 0 aromatic heterocycles. The van der Waals surface area contributed by atoms with E-state index in [1.54, 1.807) is 11.8 Å². The minimum Gasteiger partial charge on any atom is -0.351 e. The van der Waals surface area contributed by atoms with Crippen molar-refractivity contribution in [3.63, 3.8) is 0 Å². The molecular weight excluding hydrogens is 196 g/mol. The highest BCUT2D eigenvalue weighted by Crippen LogP contribution is 2.00. The normalized spacial score (nSPS) is 12.9. The minimum absolute atomic E-state index is 0.0969. The molecule has 0 rings (SSSR count). The topological polar surface area (TPSA) is 41.1 Å². The predicted octanol–water partition coefficient (Wildman–Crippen LogP) is 1.24. The van der Waals surface area contributed by atoms with Gasteiger partial charge in [0.25, 0.3) is 0 Å². The van der Waals surface area contributed by atoms with E-state index in [4.69, 9.17) is 0 Å². The molecule has 1 unspecified atom stereocenters. The number of rotatable bonds is 7. The number of hydrogen-bond acceptors (Lipinski definition) is 3. The monoisotopic (exact) mass is 218 g/mol. The molecule has 14 heavy (non-hydrogen) atoms. The van der Waals surface area contributed by atoms with Gasteiger partial charge in [0, 0.05) is 17.8 Å². The van der Waals surface area contributed by atoms with Gasteiger partial charge < -0.3 is 10.6 Å². The predicted molar refractivity (Wildman–Crippen MR) is 63.7 cm³/mol. The summed E-state index contributed by atoms with van der Waals surface area (Å²) in [5.41, 5.74) is 0. The first kappa shape index (κ1) is 13.8. The number of thioether (sulfide) groups is 1. The summed E-state index contributed by atoms with van der Waals surface area (Å²) >= 11 is 1.77. The second kappa shape index (κ2) is 8.12. The summed E-state index contributed by atoms with van der Waals surface area (Å²) < 4.78 is 0. The molecule has 1 amide bonds. The Hall–Kier alpha value is -0.220. The van der Waals surface area contributed by atoms with E-state index in [1.807, 2.05) is 13.8 Å². The maximum Gasteiger partial charge on any atom is 0.234 e. The first-order valence-electron chi connectivity index (χ1n) is 5.11. The summed E-state index contributed by atoms with van der Waals surface area (Å²) in [6, 6.07) is 0.674. The van der Waals surface area contributed by atoms with Gasteiger partial charge in [0.05, 0.1) is 6.54 Å². The van der Waals surface area contributed by atoms with Crippen LogP contribution in [0.15, 0.2) is 0 Å². The first-order chi connectivity index (χ1) is 6.60. The van der Waals surface area contributed by atoms with Gasteiger partial charge in [-0.05, 0) is 12.7 Å². The van der Waals surface area contributed by atoms with Crippen LogP contribution in [0.3, 0.4) is 0 Å². The molecule has 0 fully saturated rings. The zero-order valence-electron chi connectivity index (χ0n) is 9.59. The van der Waals surface area contributed by atoms with Gasteiger partial charge in [-0.3, -0.25) is 4.79 Å². The lowest BCUT2D eigenvalue weighted by molar-refractivity contribution is -0.120. The standard InChI is InChI=1S/C10H22N2OS/c1-5-9(7-14-4)12-10(13)6-11-8(2)3/h8-9,11H,5-7H2,1-4H3,(H,12,13). The molecule has 3 nitrogen and oxygen atoms in total. The Bertz CT molecular complexity index is 162. The summed E-state index contributed by atoms with van der Waals surface area (Å²) in [4.78, 5) is 11.4. The van der Waals surface area contributed by atoms with Crippen LogP contribution in [0.5, 0.6) is 0 Å². The van der Waals surface area contributed by atoms with E-state index in [-0.39, 0.29) is 5.91 Å². The van der Waals surface area contributed by atoms with Crippen LogP contribution in [0, 0.1) is 0 Å². The molecule has 84 valence electrons. The van der Waals surface area contributed by atoms with E-state index in [9.17, 15) is 4.79 Å². The van der Waals surface area contributed by atoms with Crippen LogP contribution >= 0.6 is 11.8 Å². The maximum atomic E-state index is 11.4. The van der Waals surface area contributed by atoms with Gasteiger partial charge in [-0.25, -0.2) is 0 Å². The van der Waals surface area contributed by atoms with Crippen molar-refractivity contribution < 1.29 is 4.79 Å². The van der Waals surface area contributed by atoms with Crippen molar-refractivity contribution in [2.45, 2.75) is 39.3 Å². The molecule has 0 saturated carbocycles. The highest BCUT2D eigenvalue weighted by Gasteiger charge is 2.09. The van der Waals surface area contributed by atoms with Crippen molar-refractivity contribution in [1.29, 1.82) is 0 Å². The summed E-state index contributed by atoms with van der Waals surface area (Å²) in [5.74, 6) is 1.09. The Labute approximate surface area is 91.4 Å². The van der Waals surface area contributed by atoms with Crippen molar-refractivity contribution in [1.82, 2.24) is 10.6 Å². The van der Waals surface area contributed by atoms with E-state index >= 15 is 0 Å². The molecule has 0 bridgehead atoms. The third kappa shape index (κ3) is 7.21. The van der Waals surface area contributed by atoms with Crippen molar-refractivity contribution in [3.05, 3.63) is 0 Å². The van der Waals surface area contributed by atoms with Crippen LogP contribution in [0.1, 0.15) is 27.2 Å². The smallest absolute Gasteiger partial charge is 0.234 e. The second-order valence-electron chi connectivity index (χ2n) is 3.66. The van der Waals surface area contributed by atoms with Crippen LogP contribution in [0.25, 0.3) is 0 Å². The fourth-order valence-corrected chi connectivity index (χ4v) is 1.76. The summed E-state index contributed by atoms with van der Waals surface area (Å²) in [7, 11) is 0. The fraction of sp³-hybridized carbons (Fsp3) is 0.900. The molecule has 2 N–H and O–H groups in total. The van der Waals surface area contributed by atoms with Gasteiger partial charge in [0.1, 0.15) is 0 Å². The van der Waals surface area contributed by atoms with E-state index in [0.717, 1.165) is 12.2 Å². The zero-order chi connectivity index (χ0) is 11.0. The van der Waals surface area contributed by atoms with Crippen molar-refractivity contribution in [2.24, 2.45) is 0 Å². The fourth-order valence-electron chi connectivity index (χ4n) is 1.04. The lowest BCUT2D eigenvalue weighted by atomic mass is 10.2. The Morgan fingerprint density at radius 2 is 2.07 bits per heavy atom. The van der Waals surface area contributed by atoms with E-state index in [0.29, 0.717) is 18.6 Å². The Morgan fingerprint density at radius 3 is 2.50 bits per heavy atom. The SMILES string of the molecule is CCC(CSC)NC(=O)CNC(C)C. The number of amides is 1. The first-order valence-corrected chi connectivity index (χ1v) is 6.51. The number of hydrogen-bond donors (Lipinski definition) is 2. The molecule has 4 heteroatoms. The van der Waals surface area contributed by atoms with Gasteiger partial charge >= 0.3 is 0 Å². The van der Waals surface area contributed by atoms with Gasteiger partial charge in [0.15, 0.2) is 0 Å². The third-order valence-corrected chi connectivity index (χ3v) is 2.63. The lowest BCUT2D eigenvalue weighted by Crippen LogP contribution is -2.42. The summed E-state index contributed by atoms with van der Waals surface area (Å²) in [5, 5.41) is 6.10. The average molecular weight is 218 g/mol. The van der Waals surface area contributed by atoms with E-state index in [1.165, 1.54) is 0 Å². The van der Waals surface area contributed by atoms with Crippen LogP contribution in [0.4, 0.5) is 0 Å². The van der Waals surface area contributed by atoms with E-state index < -0.39 is 0 Å². The molecule has 1 atom stereocenters. The van der Waals surface area contributed by atoms with Crippen molar-refractivity contribution in [3.8, 4) is 0 Å². The summed E-state index contributed by atoms with van der Waals surface area (Å²) in [6.07, 6.45) is 3.05. The third-order valence-electron chi connectivity index (χ3n) is 1.90. The Balaban J connectivity index is 3.67. The van der Waals surface area contributed by atoms with Crippen LogP contribution in [-0.4, -0.2) is 36.5 Å². The second-order valence-corrected chi connectivity index (χ2v) is 4.57. The molecule has 0 aromatic rings. The van der Waals surface area contributed by atoms with Gasteiger partial charge in [-0.1, -0.05) is 20.8 Å². The van der Waals surface area contributed by atoms with Crippen LogP contribution in [-0.2, 0) is 4.79 Å². The molecule has 0 heterocycles. The number of carbonyl (C=O) groups is 1. The summed E-state index contributed by atoms with van der Waals surface area (Å²) in [6.45, 7) is 6.58. The van der Waals surface area contributed by atoms with Crippen molar-refractivity contribution >= 4 is 17.7 Å². The highest BCUT2D eigenvalue weighted by molar-refractivity contribution is 7.98. The largest absolute Gasteiger partial charge is 0.351 e. The molecule has 0 aromatic carbocycles. The molecule has 0 saturated heterocycles. The quantitative estimate of drug-likeness (QED) is 0.675. The maximum absolute atomic E-state index is 11.4. The number of carbonyl (C=O) groups excluding carboxylic acids is 1. The molecule has 0 aliphatic heterocycles. The molecular formula is C10H22N2OS. The molecule has 0 radical (unpaired) electrons. The average Bonchev–Trinajstić information content (AvgIpc) is 2.14. The lowest BCUT2D eigenvalue weighted by Gasteiger charge is -2.16. The molecule has 0 spiro atoms.